The lowest BCUT2D eigenvalue weighted by atomic mass is 10.1. The highest BCUT2D eigenvalue weighted by Gasteiger charge is 2.11. The number of carbonyl (C=O) groups excluding carboxylic acids is 1. The summed E-state index contributed by atoms with van der Waals surface area (Å²) in [5.41, 5.74) is 5.35. The van der Waals surface area contributed by atoms with Gasteiger partial charge < -0.3 is 11.1 Å². The number of amides is 1. The molecular weight excluding hydrogens is 128 g/mol. The second-order valence-corrected chi connectivity index (χ2v) is 2.24. The zero-order valence-corrected chi connectivity index (χ0v) is 6.68. The summed E-state index contributed by atoms with van der Waals surface area (Å²) < 4.78 is 0. The average Bonchev–Trinajstić information content (AvgIpc) is 1.91. The molecule has 3 nitrogen and oxygen atoms in total. The molecule has 3 heteroatoms. The third kappa shape index (κ3) is 2.82. The van der Waals surface area contributed by atoms with E-state index < -0.39 is 0 Å². The number of rotatable bonds is 4. The molecule has 0 spiro atoms. The highest BCUT2D eigenvalue weighted by Crippen LogP contribution is 1.98. The van der Waals surface area contributed by atoms with Gasteiger partial charge in [-0.2, -0.15) is 0 Å². The van der Waals surface area contributed by atoms with Crippen molar-refractivity contribution in [2.75, 3.05) is 13.1 Å². The Kier molecular flexibility index (Phi) is 4.94. The first-order valence-corrected chi connectivity index (χ1v) is 3.74. The number of nitrogens with one attached hydrogen (secondary N) is 1. The summed E-state index contributed by atoms with van der Waals surface area (Å²) in [4.78, 5) is 11.0. The van der Waals surface area contributed by atoms with Gasteiger partial charge in [0.15, 0.2) is 0 Å². The largest absolute Gasteiger partial charge is 0.356 e. The molecule has 0 fully saturated rings. The van der Waals surface area contributed by atoms with Gasteiger partial charge in [-0.15, -0.1) is 0 Å². The van der Waals surface area contributed by atoms with Gasteiger partial charge in [-0.05, 0) is 13.3 Å². The minimum atomic E-state index is -0.0000463. The van der Waals surface area contributed by atoms with Crippen molar-refractivity contribution in [1.29, 1.82) is 0 Å². The molecule has 60 valence electrons. The van der Waals surface area contributed by atoms with Crippen molar-refractivity contribution in [1.82, 2.24) is 5.32 Å². The van der Waals surface area contributed by atoms with Crippen LogP contribution in [-0.2, 0) is 4.79 Å². The first kappa shape index (κ1) is 9.43. The average molecular weight is 144 g/mol. The third-order valence-electron chi connectivity index (χ3n) is 1.50. The SMILES string of the molecule is CCNC(=O)C(CC)CN. The molecule has 0 aliphatic carbocycles. The van der Waals surface area contributed by atoms with Crippen molar-refractivity contribution in [2.24, 2.45) is 11.7 Å². The van der Waals surface area contributed by atoms with Crippen LogP contribution in [0.3, 0.4) is 0 Å². The smallest absolute Gasteiger partial charge is 0.224 e. The van der Waals surface area contributed by atoms with Crippen LogP contribution in [0.5, 0.6) is 0 Å². The molecule has 0 saturated heterocycles. The van der Waals surface area contributed by atoms with Gasteiger partial charge in [0.2, 0.25) is 5.91 Å². The van der Waals surface area contributed by atoms with Crippen molar-refractivity contribution in [3.8, 4) is 0 Å². The van der Waals surface area contributed by atoms with Crippen LogP contribution in [0.2, 0.25) is 0 Å². The van der Waals surface area contributed by atoms with E-state index in [1.54, 1.807) is 0 Å². The molecule has 0 aromatic carbocycles. The first-order valence-electron chi connectivity index (χ1n) is 3.74. The van der Waals surface area contributed by atoms with Crippen LogP contribution in [0.15, 0.2) is 0 Å². The molecule has 0 aliphatic heterocycles. The van der Waals surface area contributed by atoms with Crippen LogP contribution in [0.1, 0.15) is 20.3 Å². The van der Waals surface area contributed by atoms with Crippen molar-refractivity contribution < 1.29 is 4.79 Å². The van der Waals surface area contributed by atoms with Gasteiger partial charge in [-0.3, -0.25) is 4.79 Å². The van der Waals surface area contributed by atoms with E-state index >= 15 is 0 Å². The zero-order valence-electron chi connectivity index (χ0n) is 6.68. The Morgan fingerprint density at radius 1 is 1.60 bits per heavy atom. The van der Waals surface area contributed by atoms with Crippen molar-refractivity contribution in [3.63, 3.8) is 0 Å². The van der Waals surface area contributed by atoms with E-state index in [-0.39, 0.29) is 11.8 Å². The lowest BCUT2D eigenvalue weighted by Crippen LogP contribution is -2.34. The Balaban J connectivity index is 3.65. The highest BCUT2D eigenvalue weighted by molar-refractivity contribution is 5.78. The molecule has 0 aromatic heterocycles. The van der Waals surface area contributed by atoms with Crippen molar-refractivity contribution >= 4 is 5.91 Å². The Bertz CT molecular complexity index is 99.8. The number of nitrogens with two attached hydrogens (primary N) is 1. The van der Waals surface area contributed by atoms with Crippen LogP contribution >= 0.6 is 0 Å². The normalized spacial score (nSPS) is 12.7. The minimum absolute atomic E-state index is 0.0000463. The molecule has 0 saturated carbocycles. The molecule has 0 bridgehead atoms. The van der Waals surface area contributed by atoms with Crippen LogP contribution in [0.25, 0.3) is 0 Å². The number of hydrogen-bond acceptors (Lipinski definition) is 2. The predicted molar refractivity (Wildman–Crippen MR) is 41.5 cm³/mol. The molecule has 0 aromatic rings. The minimum Gasteiger partial charge on any atom is -0.356 e. The Labute approximate surface area is 62.0 Å². The molecule has 10 heavy (non-hydrogen) atoms. The van der Waals surface area contributed by atoms with E-state index in [2.05, 4.69) is 5.32 Å². The predicted octanol–water partition coefficient (Wildman–Crippen LogP) is 0.107. The first-order chi connectivity index (χ1) is 4.76. The molecule has 0 rings (SSSR count). The number of carbonyl (C=O) groups is 1. The summed E-state index contributed by atoms with van der Waals surface area (Å²) >= 11 is 0. The topological polar surface area (TPSA) is 55.1 Å². The zero-order chi connectivity index (χ0) is 7.98. The summed E-state index contributed by atoms with van der Waals surface area (Å²) in [5.74, 6) is 0.0763. The number of hydrogen-bond donors (Lipinski definition) is 2. The maximum Gasteiger partial charge on any atom is 0.224 e. The van der Waals surface area contributed by atoms with Gasteiger partial charge in [0.25, 0.3) is 0 Å². The fourth-order valence-electron chi connectivity index (χ4n) is 0.778. The summed E-state index contributed by atoms with van der Waals surface area (Å²) in [7, 11) is 0. The maximum atomic E-state index is 11.0. The lowest BCUT2D eigenvalue weighted by molar-refractivity contribution is -0.124. The van der Waals surface area contributed by atoms with E-state index in [1.165, 1.54) is 0 Å². The van der Waals surface area contributed by atoms with E-state index in [0.29, 0.717) is 13.1 Å². The lowest BCUT2D eigenvalue weighted by Gasteiger charge is -2.10. The Morgan fingerprint density at radius 3 is 2.50 bits per heavy atom. The quantitative estimate of drug-likeness (QED) is 0.588. The van der Waals surface area contributed by atoms with Crippen LogP contribution < -0.4 is 11.1 Å². The summed E-state index contributed by atoms with van der Waals surface area (Å²) in [6.45, 7) is 5.01. The standard InChI is InChI=1S/C7H16N2O/c1-3-6(5-8)7(10)9-4-2/h6H,3-5,8H2,1-2H3,(H,9,10). The molecule has 0 aliphatic rings. The molecule has 3 N–H and O–H groups in total. The maximum absolute atomic E-state index is 11.0. The summed E-state index contributed by atoms with van der Waals surface area (Å²) in [6, 6.07) is 0. The van der Waals surface area contributed by atoms with E-state index in [1.807, 2.05) is 13.8 Å². The monoisotopic (exact) mass is 144 g/mol. The van der Waals surface area contributed by atoms with Crippen molar-refractivity contribution in [2.45, 2.75) is 20.3 Å². The van der Waals surface area contributed by atoms with Gasteiger partial charge in [-0.1, -0.05) is 6.92 Å². The van der Waals surface area contributed by atoms with E-state index in [4.69, 9.17) is 5.73 Å². The second-order valence-electron chi connectivity index (χ2n) is 2.24. The van der Waals surface area contributed by atoms with Crippen LogP contribution in [-0.4, -0.2) is 19.0 Å². The molecular formula is C7H16N2O. The Morgan fingerprint density at radius 2 is 2.20 bits per heavy atom. The molecule has 0 heterocycles. The summed E-state index contributed by atoms with van der Waals surface area (Å²) in [5, 5.41) is 2.73. The van der Waals surface area contributed by atoms with Gasteiger partial charge in [0.05, 0.1) is 0 Å². The molecule has 1 atom stereocenters. The van der Waals surface area contributed by atoms with Crippen LogP contribution in [0.4, 0.5) is 0 Å². The van der Waals surface area contributed by atoms with Crippen LogP contribution in [0, 0.1) is 5.92 Å². The summed E-state index contributed by atoms with van der Waals surface area (Å²) in [6.07, 6.45) is 0.822. The van der Waals surface area contributed by atoms with Gasteiger partial charge in [-0.25, -0.2) is 0 Å². The highest BCUT2D eigenvalue weighted by atomic mass is 16.1. The Hall–Kier alpha value is -0.570. The molecule has 1 amide bonds. The van der Waals surface area contributed by atoms with E-state index in [9.17, 15) is 4.79 Å². The molecule has 0 radical (unpaired) electrons. The second kappa shape index (κ2) is 5.23. The van der Waals surface area contributed by atoms with Gasteiger partial charge >= 0.3 is 0 Å². The van der Waals surface area contributed by atoms with Crippen molar-refractivity contribution in [3.05, 3.63) is 0 Å². The van der Waals surface area contributed by atoms with Gasteiger partial charge in [0.1, 0.15) is 0 Å². The molecule has 1 unspecified atom stereocenters. The van der Waals surface area contributed by atoms with E-state index in [0.717, 1.165) is 6.42 Å². The fraction of sp³-hybridized carbons (Fsp3) is 0.857. The fourth-order valence-corrected chi connectivity index (χ4v) is 0.778. The van der Waals surface area contributed by atoms with Gasteiger partial charge in [0, 0.05) is 19.0 Å². The third-order valence-corrected chi connectivity index (χ3v) is 1.50.